The Morgan fingerprint density at radius 1 is 1.30 bits per heavy atom. The van der Waals surface area contributed by atoms with E-state index in [4.69, 9.17) is 11.6 Å². The summed E-state index contributed by atoms with van der Waals surface area (Å²) in [7, 11) is 0. The van der Waals surface area contributed by atoms with Gasteiger partial charge in [0.1, 0.15) is 5.82 Å². The fourth-order valence-electron chi connectivity index (χ4n) is 1.65. The molecule has 6 nitrogen and oxygen atoms in total. The summed E-state index contributed by atoms with van der Waals surface area (Å²) in [5.41, 5.74) is 0.274. The summed E-state index contributed by atoms with van der Waals surface area (Å²) in [4.78, 5) is 26.1. The number of amides is 1. The number of carbonyl (C=O) groups excluding carboxylic acids is 1. The topological polar surface area (TPSA) is 85.1 Å². The van der Waals surface area contributed by atoms with Crippen LogP contribution in [0.5, 0.6) is 0 Å². The smallest absolute Gasteiger partial charge is 0.273 e. The zero-order chi connectivity index (χ0) is 14.5. The van der Waals surface area contributed by atoms with E-state index in [1.165, 1.54) is 12.3 Å². The predicted molar refractivity (Wildman–Crippen MR) is 74.7 cm³/mol. The fourth-order valence-corrected chi connectivity index (χ4v) is 1.76. The molecule has 0 bridgehead atoms. The first-order valence-corrected chi connectivity index (χ1v) is 6.08. The largest absolute Gasteiger partial charge is 0.310 e. The van der Waals surface area contributed by atoms with E-state index in [2.05, 4.69) is 10.3 Å². The number of hydrogen-bond donors (Lipinski definition) is 1. The maximum Gasteiger partial charge on any atom is 0.273 e. The van der Waals surface area contributed by atoms with Crippen LogP contribution in [0.25, 0.3) is 0 Å². The van der Waals surface area contributed by atoms with Crippen molar-refractivity contribution in [3.8, 4) is 0 Å². The zero-order valence-corrected chi connectivity index (χ0v) is 11.0. The van der Waals surface area contributed by atoms with E-state index < -0.39 is 4.92 Å². The summed E-state index contributed by atoms with van der Waals surface area (Å²) in [5, 5.41) is 13.9. The molecule has 1 N–H and O–H groups in total. The van der Waals surface area contributed by atoms with Gasteiger partial charge in [-0.05, 0) is 12.1 Å². The molecule has 102 valence electrons. The van der Waals surface area contributed by atoms with Crippen LogP contribution in [0.4, 0.5) is 11.5 Å². The molecular weight excluding hydrogens is 282 g/mol. The standard InChI is InChI=1S/C13H10ClN3O3/c14-10-5-6-12(15-8-10)16-13(18)7-9-3-1-2-4-11(9)17(19)20/h1-6,8H,7H2,(H,15,16,18). The molecule has 1 heterocycles. The van der Waals surface area contributed by atoms with Crippen molar-refractivity contribution in [2.24, 2.45) is 0 Å². The number of anilines is 1. The van der Waals surface area contributed by atoms with Crippen LogP contribution in [0.2, 0.25) is 5.02 Å². The van der Waals surface area contributed by atoms with Crippen molar-refractivity contribution in [1.29, 1.82) is 0 Å². The second kappa shape index (κ2) is 6.12. The van der Waals surface area contributed by atoms with Gasteiger partial charge in [0.2, 0.25) is 5.91 Å². The summed E-state index contributed by atoms with van der Waals surface area (Å²) in [5.74, 6) is -0.0351. The number of nitrogens with one attached hydrogen (secondary N) is 1. The molecule has 20 heavy (non-hydrogen) atoms. The number of halogens is 1. The van der Waals surface area contributed by atoms with Crippen LogP contribution in [0, 0.1) is 10.1 Å². The molecular formula is C13H10ClN3O3. The Balaban J connectivity index is 2.08. The van der Waals surface area contributed by atoms with E-state index >= 15 is 0 Å². The van der Waals surface area contributed by atoms with Crippen molar-refractivity contribution in [1.82, 2.24) is 4.98 Å². The van der Waals surface area contributed by atoms with E-state index in [1.807, 2.05) is 0 Å². The van der Waals surface area contributed by atoms with Crippen molar-refractivity contribution in [2.45, 2.75) is 6.42 Å². The van der Waals surface area contributed by atoms with Gasteiger partial charge in [-0.15, -0.1) is 0 Å². The highest BCUT2D eigenvalue weighted by molar-refractivity contribution is 6.30. The lowest BCUT2D eigenvalue weighted by molar-refractivity contribution is -0.385. The number of nitrogens with zero attached hydrogens (tertiary/aromatic N) is 2. The highest BCUT2D eigenvalue weighted by atomic mass is 35.5. The first-order chi connectivity index (χ1) is 9.56. The Kier molecular flexibility index (Phi) is 4.27. The number of carbonyl (C=O) groups is 1. The molecule has 0 atom stereocenters. The monoisotopic (exact) mass is 291 g/mol. The van der Waals surface area contributed by atoms with Crippen molar-refractivity contribution >= 4 is 29.0 Å². The molecule has 1 amide bonds. The van der Waals surface area contributed by atoms with Gasteiger partial charge in [0, 0.05) is 17.8 Å². The van der Waals surface area contributed by atoms with Gasteiger partial charge in [-0.1, -0.05) is 29.8 Å². The molecule has 2 rings (SSSR count). The molecule has 0 unspecified atom stereocenters. The van der Waals surface area contributed by atoms with Gasteiger partial charge < -0.3 is 5.32 Å². The maximum atomic E-state index is 11.8. The SMILES string of the molecule is O=C(Cc1ccccc1[N+](=O)[O-])Nc1ccc(Cl)cn1. The van der Waals surface area contributed by atoms with Gasteiger partial charge in [-0.3, -0.25) is 14.9 Å². The molecule has 0 saturated heterocycles. The summed E-state index contributed by atoms with van der Waals surface area (Å²) >= 11 is 5.68. The highest BCUT2D eigenvalue weighted by Gasteiger charge is 2.15. The third-order valence-electron chi connectivity index (χ3n) is 2.53. The number of nitro benzene ring substituents is 1. The molecule has 0 spiro atoms. The number of hydrogen-bond acceptors (Lipinski definition) is 4. The molecule has 0 radical (unpaired) electrons. The molecule has 1 aromatic heterocycles. The molecule has 0 fully saturated rings. The van der Waals surface area contributed by atoms with E-state index in [9.17, 15) is 14.9 Å². The average Bonchev–Trinajstić information content (AvgIpc) is 2.41. The van der Waals surface area contributed by atoms with Gasteiger partial charge in [0.05, 0.1) is 16.4 Å². The van der Waals surface area contributed by atoms with Crippen LogP contribution in [-0.2, 0) is 11.2 Å². The van der Waals surface area contributed by atoms with Crippen LogP contribution < -0.4 is 5.32 Å². The Morgan fingerprint density at radius 3 is 2.70 bits per heavy atom. The zero-order valence-electron chi connectivity index (χ0n) is 10.2. The minimum atomic E-state index is -0.511. The average molecular weight is 292 g/mol. The van der Waals surface area contributed by atoms with E-state index in [0.717, 1.165) is 0 Å². The normalized spacial score (nSPS) is 10.1. The number of pyridine rings is 1. The molecule has 0 aliphatic carbocycles. The van der Waals surface area contributed by atoms with Gasteiger partial charge >= 0.3 is 0 Å². The Labute approximate surface area is 119 Å². The number of nitro groups is 1. The van der Waals surface area contributed by atoms with Crippen molar-refractivity contribution in [2.75, 3.05) is 5.32 Å². The molecule has 0 aliphatic rings. The van der Waals surface area contributed by atoms with Crippen LogP contribution in [0.15, 0.2) is 42.6 Å². The molecule has 1 aromatic carbocycles. The van der Waals surface area contributed by atoms with E-state index in [0.29, 0.717) is 16.4 Å². The Hall–Kier alpha value is -2.47. The molecule has 7 heteroatoms. The first-order valence-electron chi connectivity index (χ1n) is 5.70. The summed E-state index contributed by atoms with van der Waals surface area (Å²) < 4.78 is 0. The molecule has 0 aliphatic heterocycles. The second-order valence-electron chi connectivity index (χ2n) is 3.97. The highest BCUT2D eigenvalue weighted by Crippen LogP contribution is 2.18. The van der Waals surface area contributed by atoms with Crippen molar-refractivity contribution in [3.05, 3.63) is 63.3 Å². The lowest BCUT2D eigenvalue weighted by Crippen LogP contribution is -2.16. The minimum Gasteiger partial charge on any atom is -0.310 e. The third-order valence-corrected chi connectivity index (χ3v) is 2.76. The van der Waals surface area contributed by atoms with Crippen molar-refractivity contribution < 1.29 is 9.72 Å². The number of aromatic nitrogens is 1. The third kappa shape index (κ3) is 3.52. The quantitative estimate of drug-likeness (QED) is 0.693. The Morgan fingerprint density at radius 2 is 2.05 bits per heavy atom. The van der Waals surface area contributed by atoms with Crippen molar-refractivity contribution in [3.63, 3.8) is 0 Å². The van der Waals surface area contributed by atoms with Gasteiger partial charge in [0.15, 0.2) is 0 Å². The van der Waals surface area contributed by atoms with Crippen LogP contribution in [0.1, 0.15) is 5.56 Å². The lowest BCUT2D eigenvalue weighted by Gasteiger charge is -2.05. The maximum absolute atomic E-state index is 11.8. The second-order valence-corrected chi connectivity index (χ2v) is 4.41. The van der Waals surface area contributed by atoms with Crippen LogP contribution in [0.3, 0.4) is 0 Å². The minimum absolute atomic E-state index is 0.0771. The van der Waals surface area contributed by atoms with Gasteiger partial charge in [0.25, 0.3) is 5.69 Å². The van der Waals surface area contributed by atoms with E-state index in [1.54, 1.807) is 30.3 Å². The summed E-state index contributed by atoms with van der Waals surface area (Å²) in [6.45, 7) is 0. The predicted octanol–water partition coefficient (Wildman–Crippen LogP) is 2.82. The van der Waals surface area contributed by atoms with E-state index in [-0.39, 0.29) is 18.0 Å². The summed E-state index contributed by atoms with van der Waals surface area (Å²) in [6, 6.07) is 9.27. The van der Waals surface area contributed by atoms with Gasteiger partial charge in [-0.2, -0.15) is 0 Å². The Bertz CT molecular complexity index is 644. The number of benzene rings is 1. The lowest BCUT2D eigenvalue weighted by atomic mass is 10.1. The molecule has 2 aromatic rings. The molecule has 0 saturated carbocycles. The first kappa shape index (κ1) is 14.0. The number of para-hydroxylation sites is 1. The van der Waals surface area contributed by atoms with Crippen LogP contribution in [-0.4, -0.2) is 15.8 Å². The summed E-state index contributed by atoms with van der Waals surface area (Å²) in [6.07, 6.45) is 1.31. The number of rotatable bonds is 4. The fraction of sp³-hybridized carbons (Fsp3) is 0.0769. The van der Waals surface area contributed by atoms with Crippen LogP contribution >= 0.6 is 11.6 Å². The van der Waals surface area contributed by atoms with Gasteiger partial charge in [-0.25, -0.2) is 4.98 Å².